The molecule has 5 atom stereocenters. The SMILES string of the molecule is CNC(=O)c1ccccc1Sc1ccc2c(/C=C/c3ccccn3)nn([C@@H]3O[C@H](C(=O)O)[C@@H](O)[C@H](O)[C@H]3O)c2c1. The second kappa shape index (κ2) is 11.6. The number of pyridine rings is 1. The molecule has 0 aliphatic carbocycles. The van der Waals surface area contributed by atoms with Crippen LogP contribution in [-0.4, -0.2) is 78.5 Å². The molecule has 1 saturated heterocycles. The van der Waals surface area contributed by atoms with Gasteiger partial charge in [-0.2, -0.15) is 5.10 Å². The lowest BCUT2D eigenvalue weighted by Crippen LogP contribution is -2.57. The number of hydrogen-bond acceptors (Lipinski definition) is 9. The van der Waals surface area contributed by atoms with Crippen molar-refractivity contribution in [2.45, 2.75) is 40.4 Å². The Bertz CT molecular complexity index is 1580. The maximum Gasteiger partial charge on any atom is 0.335 e. The van der Waals surface area contributed by atoms with E-state index in [1.54, 1.807) is 49.7 Å². The van der Waals surface area contributed by atoms with Gasteiger partial charge in [-0.25, -0.2) is 9.48 Å². The Balaban J connectivity index is 1.60. The molecule has 12 heteroatoms. The van der Waals surface area contributed by atoms with Crippen molar-refractivity contribution >= 4 is 46.7 Å². The lowest BCUT2D eigenvalue weighted by atomic mass is 9.98. The average molecular weight is 563 g/mol. The summed E-state index contributed by atoms with van der Waals surface area (Å²) < 4.78 is 6.88. The van der Waals surface area contributed by atoms with Gasteiger partial charge in [0.05, 0.1) is 22.5 Å². The van der Waals surface area contributed by atoms with E-state index in [2.05, 4.69) is 15.4 Å². The van der Waals surface area contributed by atoms with E-state index in [1.807, 2.05) is 36.4 Å². The quantitative estimate of drug-likeness (QED) is 0.225. The molecule has 40 heavy (non-hydrogen) atoms. The Morgan fingerprint density at radius 2 is 1.77 bits per heavy atom. The van der Waals surface area contributed by atoms with Crippen LogP contribution in [0.4, 0.5) is 0 Å². The number of fused-ring (bicyclic) bond motifs is 1. The van der Waals surface area contributed by atoms with E-state index in [0.29, 0.717) is 32.7 Å². The third-order valence-corrected chi connectivity index (χ3v) is 7.53. The van der Waals surface area contributed by atoms with Crippen molar-refractivity contribution in [1.29, 1.82) is 0 Å². The first-order valence-corrected chi connectivity index (χ1v) is 13.1. The summed E-state index contributed by atoms with van der Waals surface area (Å²) in [7, 11) is 1.56. The van der Waals surface area contributed by atoms with E-state index in [0.717, 1.165) is 4.90 Å². The minimum atomic E-state index is -1.83. The molecule has 11 nitrogen and oxygen atoms in total. The van der Waals surface area contributed by atoms with E-state index in [9.17, 15) is 30.0 Å². The number of carboxylic acids is 1. The van der Waals surface area contributed by atoms with Gasteiger partial charge in [0.15, 0.2) is 12.3 Å². The fourth-order valence-corrected chi connectivity index (χ4v) is 5.41. The largest absolute Gasteiger partial charge is 0.479 e. The lowest BCUT2D eigenvalue weighted by molar-refractivity contribution is -0.248. The predicted octanol–water partition coefficient (Wildman–Crippen LogP) is 2.18. The van der Waals surface area contributed by atoms with Crippen molar-refractivity contribution < 1.29 is 34.8 Å². The summed E-state index contributed by atoms with van der Waals surface area (Å²) in [5.74, 6) is -1.72. The summed E-state index contributed by atoms with van der Waals surface area (Å²) >= 11 is 1.34. The van der Waals surface area contributed by atoms with Gasteiger partial charge in [-0.15, -0.1) is 0 Å². The first-order chi connectivity index (χ1) is 19.3. The topological polar surface area (TPSA) is 167 Å². The smallest absolute Gasteiger partial charge is 0.335 e. The Kier molecular flexibility index (Phi) is 7.96. The van der Waals surface area contributed by atoms with Crippen molar-refractivity contribution in [3.05, 3.63) is 83.8 Å². The van der Waals surface area contributed by atoms with Crippen LogP contribution >= 0.6 is 11.8 Å². The van der Waals surface area contributed by atoms with Crippen LogP contribution in [0.25, 0.3) is 23.1 Å². The maximum atomic E-state index is 12.4. The van der Waals surface area contributed by atoms with Gasteiger partial charge in [0.1, 0.15) is 18.3 Å². The van der Waals surface area contributed by atoms with Crippen LogP contribution in [0, 0.1) is 0 Å². The molecule has 5 N–H and O–H groups in total. The van der Waals surface area contributed by atoms with E-state index < -0.39 is 36.6 Å². The summed E-state index contributed by atoms with van der Waals surface area (Å²) in [5.41, 5.74) is 2.13. The number of amides is 1. The number of aromatic nitrogens is 3. The number of ether oxygens (including phenoxy) is 1. The van der Waals surface area contributed by atoms with E-state index >= 15 is 0 Å². The summed E-state index contributed by atoms with van der Waals surface area (Å²) in [6.45, 7) is 0. The molecule has 1 aliphatic rings. The number of carboxylic acid groups (broad SMARTS) is 1. The van der Waals surface area contributed by atoms with Gasteiger partial charge >= 0.3 is 5.97 Å². The Hall–Kier alpha value is -4.07. The van der Waals surface area contributed by atoms with Crippen molar-refractivity contribution in [3.63, 3.8) is 0 Å². The molecule has 3 heterocycles. The first-order valence-electron chi connectivity index (χ1n) is 12.3. The summed E-state index contributed by atoms with van der Waals surface area (Å²) in [6, 6.07) is 18.0. The molecule has 0 bridgehead atoms. The number of aliphatic carboxylic acids is 1. The standard InChI is InChI=1S/C28H26N4O7S/c1-29-26(36)18-7-2-3-8-21(18)40-16-10-11-17-19(12-9-15-6-4-5-13-30-15)31-32(20(17)14-16)27-24(35)22(33)23(34)25(39-27)28(37)38/h2-14,22-25,27,33-35H,1H3,(H,29,36)(H,37,38)/b12-9+/t22-,23-,24+,25-,27+/m0/s1. The predicted molar refractivity (Wildman–Crippen MR) is 146 cm³/mol. The molecule has 2 aromatic carbocycles. The van der Waals surface area contributed by atoms with E-state index in [1.165, 1.54) is 16.4 Å². The number of aliphatic hydroxyl groups is 3. The summed E-state index contributed by atoms with van der Waals surface area (Å²) in [5, 5.41) is 48.8. The Labute approximate surface area is 232 Å². The number of rotatable bonds is 7. The number of benzene rings is 2. The molecule has 0 saturated carbocycles. The molecule has 0 radical (unpaired) electrons. The van der Waals surface area contributed by atoms with Gasteiger partial charge in [0, 0.05) is 28.4 Å². The zero-order valence-corrected chi connectivity index (χ0v) is 22.0. The van der Waals surface area contributed by atoms with Gasteiger partial charge in [0.25, 0.3) is 5.91 Å². The molecule has 2 aromatic heterocycles. The Morgan fingerprint density at radius 3 is 2.50 bits per heavy atom. The van der Waals surface area contributed by atoms with E-state index in [4.69, 9.17) is 4.74 Å². The monoisotopic (exact) mass is 562 g/mol. The molecule has 4 aromatic rings. The molecule has 1 aliphatic heterocycles. The minimum absolute atomic E-state index is 0.234. The molecule has 0 spiro atoms. The van der Waals surface area contributed by atoms with Crippen LogP contribution in [-0.2, 0) is 9.53 Å². The summed E-state index contributed by atoms with van der Waals surface area (Å²) in [6.07, 6.45) is -3.36. The molecule has 0 unspecified atom stereocenters. The van der Waals surface area contributed by atoms with Gasteiger partial charge in [-0.1, -0.05) is 30.0 Å². The van der Waals surface area contributed by atoms with Crippen LogP contribution in [0.15, 0.2) is 76.7 Å². The number of carbonyl (C=O) groups is 2. The molecular weight excluding hydrogens is 536 g/mol. The number of carbonyl (C=O) groups excluding carboxylic acids is 1. The van der Waals surface area contributed by atoms with Gasteiger partial charge < -0.3 is 30.5 Å². The van der Waals surface area contributed by atoms with Crippen molar-refractivity contribution in [2.75, 3.05) is 7.05 Å². The highest BCUT2D eigenvalue weighted by molar-refractivity contribution is 7.99. The highest BCUT2D eigenvalue weighted by Crippen LogP contribution is 2.36. The molecule has 1 fully saturated rings. The zero-order valence-electron chi connectivity index (χ0n) is 21.2. The fraction of sp³-hybridized carbons (Fsp3) is 0.214. The van der Waals surface area contributed by atoms with Gasteiger partial charge in [-0.3, -0.25) is 9.78 Å². The van der Waals surface area contributed by atoms with Crippen molar-refractivity contribution in [1.82, 2.24) is 20.1 Å². The first kappa shape index (κ1) is 27.5. The third kappa shape index (κ3) is 5.35. The molecule has 5 rings (SSSR count). The average Bonchev–Trinajstić information content (AvgIpc) is 3.32. The molecular formula is C28H26N4O7S. The van der Waals surface area contributed by atoms with Gasteiger partial charge in [-0.05, 0) is 54.6 Å². The van der Waals surface area contributed by atoms with Crippen LogP contribution in [0.5, 0.6) is 0 Å². The van der Waals surface area contributed by atoms with Crippen LogP contribution in [0.3, 0.4) is 0 Å². The fourth-order valence-electron chi connectivity index (χ4n) is 4.43. The third-order valence-electron chi connectivity index (χ3n) is 6.47. The molecule has 1 amide bonds. The number of hydrogen-bond donors (Lipinski definition) is 5. The zero-order chi connectivity index (χ0) is 28.4. The number of aliphatic hydroxyl groups excluding tert-OH is 3. The van der Waals surface area contributed by atoms with Gasteiger partial charge in [0.2, 0.25) is 0 Å². The van der Waals surface area contributed by atoms with Crippen LogP contribution in [0.1, 0.15) is 28.0 Å². The highest BCUT2D eigenvalue weighted by Gasteiger charge is 2.48. The van der Waals surface area contributed by atoms with Crippen LogP contribution < -0.4 is 5.32 Å². The second-order valence-corrected chi connectivity index (χ2v) is 10.1. The molecule has 206 valence electrons. The van der Waals surface area contributed by atoms with Crippen molar-refractivity contribution in [2.24, 2.45) is 0 Å². The lowest BCUT2D eigenvalue weighted by Gasteiger charge is -2.38. The minimum Gasteiger partial charge on any atom is -0.479 e. The second-order valence-electron chi connectivity index (χ2n) is 9.03. The number of nitrogens with one attached hydrogen (secondary N) is 1. The normalized spacial score (nSPS) is 22.9. The highest BCUT2D eigenvalue weighted by atomic mass is 32.2. The van der Waals surface area contributed by atoms with Crippen LogP contribution in [0.2, 0.25) is 0 Å². The van der Waals surface area contributed by atoms with E-state index in [-0.39, 0.29) is 5.91 Å². The number of nitrogens with zero attached hydrogens (tertiary/aromatic N) is 3. The maximum absolute atomic E-state index is 12.4. The Morgan fingerprint density at radius 1 is 1.00 bits per heavy atom. The van der Waals surface area contributed by atoms with Crippen molar-refractivity contribution in [3.8, 4) is 0 Å². The summed E-state index contributed by atoms with van der Waals surface area (Å²) in [4.78, 5) is 29.8.